The average molecular weight is 1280 g/mol. The third kappa shape index (κ3) is 69.3. The minimum atomic E-state index is -4.46. The van der Waals surface area contributed by atoms with Crippen molar-refractivity contribution < 1.29 is 37.3 Å². The molecule has 0 aliphatic carbocycles. The van der Waals surface area contributed by atoms with E-state index in [0.717, 1.165) is 96.3 Å². The number of hydrogen-bond donors (Lipinski definition) is 2. The first-order valence-corrected chi connectivity index (χ1v) is 39.6. The molecule has 522 valence electrons. The van der Waals surface area contributed by atoms with Crippen molar-refractivity contribution in [2.24, 2.45) is 0 Å². The molecule has 0 aliphatic heterocycles. The Morgan fingerprint density at radius 1 is 0.400 bits per heavy atom. The quantitative estimate of drug-likeness (QED) is 0.0205. The zero-order valence-electron chi connectivity index (χ0n) is 59.9. The Kier molecular flexibility index (Phi) is 66.4. The molecule has 0 heterocycles. The Morgan fingerprint density at radius 3 is 1.09 bits per heavy atom. The monoisotopic (exact) mass is 1280 g/mol. The molecule has 9 nitrogen and oxygen atoms in total. The van der Waals surface area contributed by atoms with Crippen LogP contribution >= 0.6 is 7.82 Å². The van der Waals surface area contributed by atoms with E-state index < -0.39 is 20.0 Å². The van der Waals surface area contributed by atoms with Gasteiger partial charge in [-0.2, -0.15) is 0 Å². The number of likely N-dealkylation sites (N-methyl/N-ethyl adjacent to an activating group) is 1. The van der Waals surface area contributed by atoms with Crippen LogP contribution in [0.15, 0.2) is 97.2 Å². The fourth-order valence-electron chi connectivity index (χ4n) is 10.9. The van der Waals surface area contributed by atoms with Crippen molar-refractivity contribution in [2.45, 2.75) is 360 Å². The van der Waals surface area contributed by atoms with Crippen LogP contribution in [0.5, 0.6) is 0 Å². The number of esters is 1. The summed E-state index contributed by atoms with van der Waals surface area (Å²) in [6, 6.07) is -0.855. The molecule has 0 saturated carbocycles. The topological polar surface area (TPSA) is 111 Å². The molecule has 0 aromatic rings. The maximum atomic E-state index is 13.7. The lowest BCUT2D eigenvalue weighted by atomic mass is 10.0. The highest BCUT2D eigenvalue weighted by Crippen LogP contribution is 2.43. The van der Waals surface area contributed by atoms with Crippen LogP contribution in [-0.4, -0.2) is 74.3 Å². The van der Waals surface area contributed by atoms with Crippen molar-refractivity contribution in [1.29, 1.82) is 0 Å². The number of amides is 1. The first-order chi connectivity index (χ1) is 43.9. The first-order valence-electron chi connectivity index (χ1n) is 38.1. The highest BCUT2D eigenvalue weighted by molar-refractivity contribution is 7.47. The van der Waals surface area contributed by atoms with Crippen molar-refractivity contribution in [3.8, 4) is 0 Å². The lowest BCUT2D eigenvalue weighted by molar-refractivity contribution is -0.870. The maximum absolute atomic E-state index is 13.7. The molecule has 0 saturated heterocycles. The third-order valence-electron chi connectivity index (χ3n) is 16.8. The third-order valence-corrected chi connectivity index (χ3v) is 17.7. The van der Waals surface area contributed by atoms with E-state index in [-0.39, 0.29) is 31.5 Å². The van der Waals surface area contributed by atoms with E-state index >= 15 is 0 Å². The summed E-state index contributed by atoms with van der Waals surface area (Å²) < 4.78 is 30.9. The van der Waals surface area contributed by atoms with E-state index in [2.05, 4.69) is 111 Å². The average Bonchev–Trinajstić information content (AvgIpc) is 3.12. The molecule has 0 rings (SSSR count). The molecule has 3 atom stereocenters. The van der Waals surface area contributed by atoms with Gasteiger partial charge in [0, 0.05) is 12.8 Å². The van der Waals surface area contributed by atoms with Gasteiger partial charge in [0.25, 0.3) is 0 Å². The minimum Gasteiger partial charge on any atom is -0.456 e. The van der Waals surface area contributed by atoms with E-state index in [0.29, 0.717) is 17.4 Å². The lowest BCUT2D eigenvalue weighted by Gasteiger charge is -2.27. The zero-order valence-corrected chi connectivity index (χ0v) is 60.8. The molecule has 1 amide bonds. The molecule has 0 aromatic carbocycles. The highest BCUT2D eigenvalue weighted by atomic mass is 31.2. The Labute approximate surface area is 558 Å². The second kappa shape index (κ2) is 68.8. The maximum Gasteiger partial charge on any atom is 0.472 e. The number of nitrogens with one attached hydrogen (secondary N) is 1. The molecule has 2 N–H and O–H groups in total. The Morgan fingerprint density at radius 2 is 0.711 bits per heavy atom. The predicted molar refractivity (Wildman–Crippen MR) is 392 cm³/mol. The molecule has 0 bridgehead atoms. The van der Waals surface area contributed by atoms with Crippen LogP contribution in [0, 0.1) is 0 Å². The SMILES string of the molecule is CC/C=C\C/C=C\C/C=C\C/C=C\C/C=C\CCCCCCCCCCCCCC(=O)OC(/C=C/CCCCCCCCCCCC)C(COP(=O)(O)OCC[N+](C)(C)C)NC(=O)CCCCCCCCCCCCCCCCC/C=C\C/C=C\CCCCC. The van der Waals surface area contributed by atoms with Gasteiger partial charge in [0.2, 0.25) is 5.91 Å². The number of nitrogens with zero attached hydrogens (tertiary/aromatic N) is 1. The van der Waals surface area contributed by atoms with Gasteiger partial charge in [0.05, 0.1) is 33.8 Å². The molecule has 0 aliphatic rings. The number of phosphoric ester groups is 1. The van der Waals surface area contributed by atoms with E-state index in [1.165, 1.54) is 218 Å². The number of phosphoric acid groups is 1. The molecular weight excluding hydrogens is 1130 g/mol. The van der Waals surface area contributed by atoms with Crippen molar-refractivity contribution in [3.05, 3.63) is 97.2 Å². The fraction of sp³-hybridized carbons (Fsp3) is 0.775. The molecule has 10 heteroatoms. The van der Waals surface area contributed by atoms with Gasteiger partial charge in [-0.3, -0.25) is 18.6 Å². The second-order valence-electron chi connectivity index (χ2n) is 26.8. The van der Waals surface area contributed by atoms with Gasteiger partial charge in [-0.1, -0.05) is 324 Å². The van der Waals surface area contributed by atoms with Crippen molar-refractivity contribution in [1.82, 2.24) is 5.32 Å². The number of quaternary nitrogens is 1. The number of unbranched alkanes of at least 4 members (excludes halogenated alkanes) is 39. The number of hydrogen-bond acceptors (Lipinski definition) is 6. The van der Waals surface area contributed by atoms with Crippen LogP contribution < -0.4 is 5.32 Å². The van der Waals surface area contributed by atoms with Crippen LogP contribution in [0.25, 0.3) is 0 Å². The van der Waals surface area contributed by atoms with Crippen LogP contribution in [0.4, 0.5) is 0 Å². The molecule has 0 fully saturated rings. The van der Waals surface area contributed by atoms with Gasteiger partial charge < -0.3 is 19.4 Å². The number of carbonyl (C=O) groups excluding carboxylic acids is 2. The molecule has 90 heavy (non-hydrogen) atoms. The number of allylic oxidation sites excluding steroid dienone is 15. The molecule has 0 radical (unpaired) electrons. The fourth-order valence-corrected chi connectivity index (χ4v) is 11.7. The van der Waals surface area contributed by atoms with Gasteiger partial charge in [-0.05, 0) is 109 Å². The Balaban J connectivity index is 4.98. The van der Waals surface area contributed by atoms with Crippen molar-refractivity contribution in [3.63, 3.8) is 0 Å². The summed E-state index contributed by atoms with van der Waals surface area (Å²) >= 11 is 0. The van der Waals surface area contributed by atoms with Gasteiger partial charge in [-0.25, -0.2) is 4.57 Å². The van der Waals surface area contributed by atoms with Crippen molar-refractivity contribution >= 4 is 19.7 Å². The van der Waals surface area contributed by atoms with Gasteiger partial charge in [0.1, 0.15) is 19.3 Å². The molecule has 0 spiro atoms. The van der Waals surface area contributed by atoms with Crippen LogP contribution in [0.1, 0.15) is 348 Å². The molecule has 3 unspecified atom stereocenters. The summed E-state index contributed by atoms with van der Waals surface area (Å²) in [6.45, 7) is 6.91. The summed E-state index contributed by atoms with van der Waals surface area (Å²) in [5.74, 6) is -0.500. The molecular formula is C80H146N2O7P+. The highest BCUT2D eigenvalue weighted by Gasteiger charge is 2.30. The predicted octanol–water partition coefficient (Wildman–Crippen LogP) is 24.6. The molecule has 0 aromatic heterocycles. The number of rotatable bonds is 69. The minimum absolute atomic E-state index is 0.0376. The summed E-state index contributed by atoms with van der Waals surface area (Å²) in [4.78, 5) is 38.0. The van der Waals surface area contributed by atoms with E-state index in [4.69, 9.17) is 13.8 Å². The lowest BCUT2D eigenvalue weighted by Crippen LogP contribution is -2.47. The normalized spacial score (nSPS) is 14.0. The van der Waals surface area contributed by atoms with Gasteiger partial charge in [-0.15, -0.1) is 0 Å². The largest absolute Gasteiger partial charge is 0.472 e. The van der Waals surface area contributed by atoms with Crippen LogP contribution in [0.3, 0.4) is 0 Å². The van der Waals surface area contributed by atoms with Crippen LogP contribution in [0.2, 0.25) is 0 Å². The van der Waals surface area contributed by atoms with E-state index in [1.54, 1.807) is 0 Å². The Hall–Kier alpha value is -3.07. The summed E-state index contributed by atoms with van der Waals surface area (Å²) in [7, 11) is 1.50. The van der Waals surface area contributed by atoms with Crippen LogP contribution in [-0.2, 0) is 27.9 Å². The second-order valence-corrected chi connectivity index (χ2v) is 28.2. The Bertz CT molecular complexity index is 1860. The zero-order chi connectivity index (χ0) is 65.6. The number of carbonyl (C=O) groups is 2. The van der Waals surface area contributed by atoms with E-state index in [1.807, 2.05) is 33.3 Å². The van der Waals surface area contributed by atoms with E-state index in [9.17, 15) is 19.0 Å². The smallest absolute Gasteiger partial charge is 0.456 e. The van der Waals surface area contributed by atoms with Gasteiger partial charge >= 0.3 is 13.8 Å². The number of ether oxygens (including phenoxy) is 1. The summed E-state index contributed by atoms with van der Waals surface area (Å²) in [5.41, 5.74) is 0. The first kappa shape index (κ1) is 86.9. The standard InChI is InChI=1S/C80H145N2O7P/c1-7-10-13-16-19-22-25-28-30-32-34-36-38-40-41-43-45-47-49-51-53-55-58-61-64-67-70-73-80(84)89-78(71-68-65-62-59-56-27-24-21-18-15-12-9-3)77(76-88-90(85,86)87-75-74-82(4,5)6)81-79(83)72-69-66-63-60-57-54-52-50-48-46-44-42-39-37-35-33-31-29-26-23-20-17-14-11-8-2/h10,13,19-20,22-23,28-31,34,36,40-41,68,71,77-78H,7-9,11-12,14-18,21,24-27,32-33,35,37-39,42-67,69-70,72-76H2,1-6H3,(H-,81,83,85,86)/p+1/b13-10-,22-19-,23-20-,30-28-,31-29-,36-34-,41-40-,71-68+. The van der Waals surface area contributed by atoms with Crippen molar-refractivity contribution in [2.75, 3.05) is 40.9 Å². The van der Waals surface area contributed by atoms with Gasteiger partial charge in [0.15, 0.2) is 0 Å². The summed E-state index contributed by atoms with van der Waals surface area (Å²) in [6.07, 6.45) is 94.3. The summed E-state index contributed by atoms with van der Waals surface area (Å²) in [5, 5.41) is 3.08.